The van der Waals surface area contributed by atoms with E-state index < -0.39 is 10.0 Å². The molecule has 0 unspecified atom stereocenters. The first-order valence-electron chi connectivity index (χ1n) is 6.84. The average molecular weight is 365 g/mol. The molecule has 2 aromatic heterocycles. The number of aryl methyl sites for hydroxylation is 1. The molecule has 1 aliphatic rings. The predicted octanol–water partition coefficient (Wildman–Crippen LogP) is 2.64. The highest BCUT2D eigenvalue weighted by Gasteiger charge is 2.21. The largest absolute Gasteiger partial charge is 0.454 e. The quantitative estimate of drug-likeness (QED) is 0.758. The summed E-state index contributed by atoms with van der Waals surface area (Å²) in [4.78, 5) is 0.585. The number of ether oxygens (including phenoxy) is 2. The lowest BCUT2D eigenvalue weighted by Gasteiger charge is -2.06. The molecule has 10 heteroatoms. The SMILES string of the molecule is Cc1nnc(-c2ccc(S(=O)(=O)Nc3ccc4c(c3)OCO4)s2)o1. The van der Waals surface area contributed by atoms with Crippen molar-refractivity contribution in [3.63, 3.8) is 0 Å². The van der Waals surface area contributed by atoms with E-state index in [4.69, 9.17) is 13.9 Å². The Morgan fingerprint density at radius 1 is 1.12 bits per heavy atom. The van der Waals surface area contributed by atoms with Crippen LogP contribution in [0.1, 0.15) is 5.89 Å². The van der Waals surface area contributed by atoms with Gasteiger partial charge in [-0.1, -0.05) is 0 Å². The Bertz CT molecular complexity index is 1010. The molecule has 3 heterocycles. The summed E-state index contributed by atoms with van der Waals surface area (Å²) in [6.07, 6.45) is 0. The van der Waals surface area contributed by atoms with Crippen LogP contribution in [-0.4, -0.2) is 25.4 Å². The van der Waals surface area contributed by atoms with E-state index in [1.807, 2.05) is 0 Å². The molecule has 0 atom stereocenters. The lowest BCUT2D eigenvalue weighted by atomic mass is 10.3. The maximum atomic E-state index is 12.5. The summed E-state index contributed by atoms with van der Waals surface area (Å²) >= 11 is 1.05. The third-order valence-corrected chi connectivity index (χ3v) is 6.15. The first kappa shape index (κ1) is 15.0. The Balaban J connectivity index is 1.60. The van der Waals surface area contributed by atoms with Crippen LogP contribution in [0.5, 0.6) is 11.5 Å². The molecule has 1 aromatic carbocycles. The minimum absolute atomic E-state index is 0.128. The summed E-state index contributed by atoms with van der Waals surface area (Å²) in [7, 11) is -3.73. The number of fused-ring (bicyclic) bond motifs is 1. The Labute approximate surface area is 141 Å². The molecule has 0 spiro atoms. The topological polar surface area (TPSA) is 104 Å². The van der Waals surface area contributed by atoms with Crippen molar-refractivity contribution >= 4 is 27.0 Å². The zero-order chi connectivity index (χ0) is 16.7. The van der Waals surface area contributed by atoms with Crippen molar-refractivity contribution in [2.75, 3.05) is 11.5 Å². The number of hydrogen-bond donors (Lipinski definition) is 1. The van der Waals surface area contributed by atoms with Crippen LogP contribution in [0.3, 0.4) is 0 Å². The fraction of sp³-hybridized carbons (Fsp3) is 0.143. The summed E-state index contributed by atoms with van der Waals surface area (Å²) in [5.74, 6) is 1.80. The minimum Gasteiger partial charge on any atom is -0.454 e. The number of anilines is 1. The van der Waals surface area contributed by atoms with Gasteiger partial charge in [0.1, 0.15) is 4.21 Å². The van der Waals surface area contributed by atoms with E-state index in [0.717, 1.165) is 11.3 Å². The van der Waals surface area contributed by atoms with Crippen LogP contribution in [0.15, 0.2) is 39.0 Å². The lowest BCUT2D eigenvalue weighted by molar-refractivity contribution is 0.174. The third kappa shape index (κ3) is 2.69. The Hall–Kier alpha value is -2.59. The Morgan fingerprint density at radius 3 is 2.75 bits per heavy atom. The van der Waals surface area contributed by atoms with Gasteiger partial charge < -0.3 is 13.9 Å². The van der Waals surface area contributed by atoms with Crippen LogP contribution in [0.4, 0.5) is 5.69 Å². The molecular formula is C14H11N3O5S2. The summed E-state index contributed by atoms with van der Waals surface area (Å²) in [5, 5.41) is 7.62. The van der Waals surface area contributed by atoms with E-state index in [9.17, 15) is 8.42 Å². The molecule has 0 amide bonds. The summed E-state index contributed by atoms with van der Waals surface area (Å²) < 4.78 is 43.4. The lowest BCUT2D eigenvalue weighted by Crippen LogP contribution is -2.11. The fourth-order valence-corrected chi connectivity index (χ4v) is 4.42. The number of thiophene rings is 1. The molecule has 1 aliphatic heterocycles. The summed E-state index contributed by atoms with van der Waals surface area (Å²) in [6, 6.07) is 7.97. The number of rotatable bonds is 4. The van der Waals surface area contributed by atoms with Gasteiger partial charge in [-0.15, -0.1) is 21.5 Å². The van der Waals surface area contributed by atoms with Gasteiger partial charge >= 0.3 is 0 Å². The van der Waals surface area contributed by atoms with Gasteiger partial charge in [0, 0.05) is 13.0 Å². The van der Waals surface area contributed by atoms with E-state index in [1.54, 1.807) is 31.2 Å². The van der Waals surface area contributed by atoms with Gasteiger partial charge in [-0.2, -0.15) is 0 Å². The normalized spacial score (nSPS) is 13.2. The smallest absolute Gasteiger partial charge is 0.271 e. The predicted molar refractivity (Wildman–Crippen MR) is 85.7 cm³/mol. The van der Waals surface area contributed by atoms with Crippen molar-refractivity contribution < 1.29 is 22.3 Å². The number of benzene rings is 1. The first-order valence-corrected chi connectivity index (χ1v) is 9.14. The molecule has 1 N–H and O–H groups in total. The average Bonchev–Trinajstić information content (AvgIpc) is 3.25. The molecule has 8 nitrogen and oxygen atoms in total. The van der Waals surface area contributed by atoms with Gasteiger partial charge in [0.05, 0.1) is 10.6 Å². The molecule has 0 saturated carbocycles. The molecule has 124 valence electrons. The van der Waals surface area contributed by atoms with Gasteiger partial charge in [0.15, 0.2) is 11.5 Å². The van der Waals surface area contributed by atoms with Crippen LogP contribution in [0, 0.1) is 6.92 Å². The number of nitrogens with zero attached hydrogens (tertiary/aromatic N) is 2. The minimum atomic E-state index is -3.73. The van der Waals surface area contributed by atoms with E-state index in [0.29, 0.717) is 33.8 Å². The highest BCUT2D eigenvalue weighted by Crippen LogP contribution is 2.36. The van der Waals surface area contributed by atoms with Crippen LogP contribution in [0.2, 0.25) is 0 Å². The number of sulfonamides is 1. The van der Waals surface area contributed by atoms with E-state index in [2.05, 4.69) is 14.9 Å². The van der Waals surface area contributed by atoms with Crippen molar-refractivity contribution in [2.45, 2.75) is 11.1 Å². The van der Waals surface area contributed by atoms with Gasteiger partial charge in [0.2, 0.25) is 12.7 Å². The molecule has 0 bridgehead atoms. The number of hydrogen-bond acceptors (Lipinski definition) is 8. The van der Waals surface area contributed by atoms with E-state index in [1.165, 1.54) is 6.07 Å². The van der Waals surface area contributed by atoms with Gasteiger partial charge in [-0.25, -0.2) is 8.42 Å². The Morgan fingerprint density at radius 2 is 1.96 bits per heavy atom. The molecule has 24 heavy (non-hydrogen) atoms. The van der Waals surface area contributed by atoms with Gasteiger partial charge in [-0.3, -0.25) is 4.72 Å². The number of aromatic nitrogens is 2. The van der Waals surface area contributed by atoms with Crippen LogP contribution >= 0.6 is 11.3 Å². The fourth-order valence-electron chi connectivity index (χ4n) is 2.14. The van der Waals surface area contributed by atoms with Crippen molar-refractivity contribution in [1.29, 1.82) is 0 Å². The summed E-state index contributed by atoms with van der Waals surface area (Å²) in [6.45, 7) is 1.80. The standard InChI is InChI=1S/C14H11N3O5S2/c1-8-15-16-14(22-8)12-4-5-13(23-12)24(18,19)17-9-2-3-10-11(6-9)21-7-20-10/h2-6,17H,7H2,1H3. The van der Waals surface area contributed by atoms with Crippen LogP contribution < -0.4 is 14.2 Å². The third-order valence-electron chi connectivity index (χ3n) is 3.21. The van der Waals surface area contributed by atoms with Crippen molar-refractivity contribution in [3.8, 4) is 22.3 Å². The second-order valence-electron chi connectivity index (χ2n) is 4.92. The molecule has 4 rings (SSSR count). The highest BCUT2D eigenvalue weighted by molar-refractivity contribution is 7.94. The maximum Gasteiger partial charge on any atom is 0.271 e. The molecule has 0 radical (unpaired) electrons. The van der Waals surface area contributed by atoms with Gasteiger partial charge in [0.25, 0.3) is 15.9 Å². The highest BCUT2D eigenvalue weighted by atomic mass is 32.2. The molecular weight excluding hydrogens is 354 g/mol. The molecule has 3 aromatic rings. The van der Waals surface area contributed by atoms with Crippen LogP contribution in [0.25, 0.3) is 10.8 Å². The maximum absolute atomic E-state index is 12.5. The summed E-state index contributed by atoms with van der Waals surface area (Å²) in [5.41, 5.74) is 0.392. The molecule has 0 fully saturated rings. The Kier molecular flexibility index (Phi) is 3.43. The van der Waals surface area contributed by atoms with Crippen molar-refractivity contribution in [1.82, 2.24) is 10.2 Å². The molecule has 0 saturated heterocycles. The van der Waals surface area contributed by atoms with Crippen LogP contribution in [-0.2, 0) is 10.0 Å². The molecule has 0 aliphatic carbocycles. The monoisotopic (exact) mass is 365 g/mol. The second kappa shape index (κ2) is 5.49. The van der Waals surface area contributed by atoms with Gasteiger partial charge in [-0.05, 0) is 24.3 Å². The van der Waals surface area contributed by atoms with Crippen molar-refractivity contribution in [2.24, 2.45) is 0 Å². The van der Waals surface area contributed by atoms with E-state index >= 15 is 0 Å². The zero-order valence-corrected chi connectivity index (χ0v) is 14.0. The van der Waals surface area contributed by atoms with Crippen molar-refractivity contribution in [3.05, 3.63) is 36.2 Å². The van der Waals surface area contributed by atoms with E-state index in [-0.39, 0.29) is 11.0 Å². The second-order valence-corrected chi connectivity index (χ2v) is 7.91. The first-order chi connectivity index (χ1) is 11.5. The zero-order valence-electron chi connectivity index (χ0n) is 12.3. The number of nitrogens with one attached hydrogen (secondary N) is 1.